The zero-order valence-electron chi connectivity index (χ0n) is 10.1. The van der Waals surface area contributed by atoms with E-state index in [9.17, 15) is 12.8 Å². The molecular weight excluding hydrogens is 275 g/mol. The second kappa shape index (κ2) is 5.73. The topological polar surface area (TPSA) is 72.2 Å². The van der Waals surface area contributed by atoms with Crippen molar-refractivity contribution < 1.29 is 12.8 Å². The zero-order chi connectivity index (χ0) is 13.9. The SMILES string of the molecule is Cc1cc(F)ccc1S(=O)(=O)NC(C)CC(N)=S. The summed E-state index contributed by atoms with van der Waals surface area (Å²) in [6.45, 7) is 3.20. The molecule has 100 valence electrons. The van der Waals surface area contributed by atoms with Crippen LogP contribution in [0, 0.1) is 12.7 Å². The highest BCUT2D eigenvalue weighted by Gasteiger charge is 2.19. The quantitative estimate of drug-likeness (QED) is 0.806. The van der Waals surface area contributed by atoms with Crippen molar-refractivity contribution in [1.29, 1.82) is 0 Å². The van der Waals surface area contributed by atoms with E-state index in [1.165, 1.54) is 19.1 Å². The first-order valence-electron chi connectivity index (χ1n) is 5.29. The number of benzene rings is 1. The molecule has 0 fully saturated rings. The van der Waals surface area contributed by atoms with E-state index in [1.54, 1.807) is 6.92 Å². The highest BCUT2D eigenvalue weighted by atomic mass is 32.2. The summed E-state index contributed by atoms with van der Waals surface area (Å²) < 4.78 is 39.4. The standard InChI is InChI=1S/C11H15FN2O2S2/c1-7-5-9(12)3-4-10(7)18(15,16)14-8(2)6-11(13)17/h3-5,8,14H,6H2,1-2H3,(H2,13,17). The van der Waals surface area contributed by atoms with E-state index >= 15 is 0 Å². The number of aryl methyl sites for hydroxylation is 1. The third-order valence-electron chi connectivity index (χ3n) is 2.29. The average Bonchev–Trinajstić information content (AvgIpc) is 2.13. The van der Waals surface area contributed by atoms with Crippen LogP contribution in [-0.4, -0.2) is 19.4 Å². The van der Waals surface area contributed by atoms with Crippen LogP contribution in [-0.2, 0) is 10.0 Å². The molecule has 1 aromatic rings. The van der Waals surface area contributed by atoms with Gasteiger partial charge in [0.25, 0.3) is 0 Å². The first-order chi connectivity index (χ1) is 8.22. The van der Waals surface area contributed by atoms with Gasteiger partial charge in [-0.05, 0) is 37.6 Å². The Morgan fingerprint density at radius 2 is 2.17 bits per heavy atom. The highest BCUT2D eigenvalue weighted by molar-refractivity contribution is 7.89. The van der Waals surface area contributed by atoms with Crippen LogP contribution in [0.4, 0.5) is 4.39 Å². The van der Waals surface area contributed by atoms with Crippen molar-refractivity contribution in [1.82, 2.24) is 4.72 Å². The number of nitrogens with one attached hydrogen (secondary N) is 1. The Bertz CT molecular complexity index is 558. The normalized spacial score (nSPS) is 13.3. The summed E-state index contributed by atoms with van der Waals surface area (Å²) in [5.41, 5.74) is 5.70. The number of hydrogen-bond acceptors (Lipinski definition) is 3. The van der Waals surface area contributed by atoms with Gasteiger partial charge in [0.05, 0.1) is 9.88 Å². The highest BCUT2D eigenvalue weighted by Crippen LogP contribution is 2.16. The molecule has 0 amide bonds. The minimum atomic E-state index is -3.68. The Labute approximate surface area is 111 Å². The van der Waals surface area contributed by atoms with Gasteiger partial charge in [0, 0.05) is 12.5 Å². The minimum absolute atomic E-state index is 0.0543. The largest absolute Gasteiger partial charge is 0.393 e. The number of halogens is 1. The van der Waals surface area contributed by atoms with E-state index in [2.05, 4.69) is 4.72 Å². The Morgan fingerprint density at radius 3 is 2.67 bits per heavy atom. The molecular formula is C11H15FN2O2S2. The van der Waals surface area contributed by atoms with Crippen molar-refractivity contribution in [3.8, 4) is 0 Å². The lowest BCUT2D eigenvalue weighted by atomic mass is 10.2. The van der Waals surface area contributed by atoms with Crippen LogP contribution in [0.15, 0.2) is 23.1 Å². The van der Waals surface area contributed by atoms with E-state index in [-0.39, 0.29) is 16.3 Å². The zero-order valence-corrected chi connectivity index (χ0v) is 11.7. The maximum absolute atomic E-state index is 12.9. The van der Waals surface area contributed by atoms with Gasteiger partial charge in [0.15, 0.2) is 0 Å². The molecule has 1 aromatic carbocycles. The Hall–Kier alpha value is -1.05. The number of nitrogens with two attached hydrogens (primary N) is 1. The van der Waals surface area contributed by atoms with Crippen LogP contribution in [0.1, 0.15) is 18.9 Å². The van der Waals surface area contributed by atoms with E-state index in [4.69, 9.17) is 18.0 Å². The van der Waals surface area contributed by atoms with Crippen LogP contribution >= 0.6 is 12.2 Å². The molecule has 0 radical (unpaired) electrons. The molecule has 0 aliphatic heterocycles. The maximum Gasteiger partial charge on any atom is 0.241 e. The summed E-state index contributed by atoms with van der Waals surface area (Å²) in [7, 11) is -3.68. The lowest BCUT2D eigenvalue weighted by Crippen LogP contribution is -2.35. The molecule has 7 heteroatoms. The van der Waals surface area contributed by atoms with Crippen LogP contribution in [0.3, 0.4) is 0 Å². The molecule has 0 saturated heterocycles. The third-order valence-corrected chi connectivity index (χ3v) is 4.21. The second-order valence-corrected chi connectivity index (χ2v) is 6.31. The lowest BCUT2D eigenvalue weighted by Gasteiger charge is -2.14. The minimum Gasteiger partial charge on any atom is -0.393 e. The van der Waals surface area contributed by atoms with Gasteiger partial charge in [-0.15, -0.1) is 0 Å². The molecule has 0 heterocycles. The molecule has 1 rings (SSSR count). The lowest BCUT2D eigenvalue weighted by molar-refractivity contribution is 0.563. The van der Waals surface area contributed by atoms with Crippen molar-refractivity contribution in [3.63, 3.8) is 0 Å². The van der Waals surface area contributed by atoms with E-state index < -0.39 is 21.9 Å². The molecule has 0 spiro atoms. The van der Waals surface area contributed by atoms with Crippen LogP contribution in [0.25, 0.3) is 0 Å². The van der Waals surface area contributed by atoms with Gasteiger partial charge in [-0.1, -0.05) is 12.2 Å². The van der Waals surface area contributed by atoms with Crippen molar-refractivity contribution in [2.24, 2.45) is 5.73 Å². The van der Waals surface area contributed by atoms with Gasteiger partial charge < -0.3 is 5.73 Å². The van der Waals surface area contributed by atoms with Crippen LogP contribution in [0.2, 0.25) is 0 Å². The van der Waals surface area contributed by atoms with Gasteiger partial charge in [0.1, 0.15) is 5.82 Å². The number of thiocarbonyl (C=S) groups is 1. The maximum atomic E-state index is 12.9. The predicted octanol–water partition coefficient (Wildman–Crippen LogP) is 1.48. The monoisotopic (exact) mass is 290 g/mol. The van der Waals surface area contributed by atoms with Gasteiger partial charge >= 0.3 is 0 Å². The molecule has 1 atom stereocenters. The fraction of sp³-hybridized carbons (Fsp3) is 0.364. The van der Waals surface area contributed by atoms with Crippen LogP contribution < -0.4 is 10.5 Å². The second-order valence-electron chi connectivity index (χ2n) is 4.10. The van der Waals surface area contributed by atoms with Gasteiger partial charge in [0.2, 0.25) is 10.0 Å². The van der Waals surface area contributed by atoms with E-state index in [0.29, 0.717) is 5.56 Å². The van der Waals surface area contributed by atoms with Gasteiger partial charge in [-0.25, -0.2) is 17.5 Å². The first-order valence-corrected chi connectivity index (χ1v) is 7.18. The smallest absolute Gasteiger partial charge is 0.241 e. The summed E-state index contributed by atoms with van der Waals surface area (Å²) >= 11 is 4.71. The fourth-order valence-electron chi connectivity index (χ4n) is 1.59. The summed E-state index contributed by atoms with van der Waals surface area (Å²) in [6.07, 6.45) is 0.273. The van der Waals surface area contributed by atoms with Crippen LogP contribution in [0.5, 0.6) is 0 Å². The van der Waals surface area contributed by atoms with E-state index in [0.717, 1.165) is 6.07 Å². The first kappa shape index (κ1) is 15.0. The molecule has 0 bridgehead atoms. The number of sulfonamides is 1. The Balaban J connectivity index is 2.96. The molecule has 1 unspecified atom stereocenters. The molecule has 4 nitrogen and oxygen atoms in total. The molecule has 0 aromatic heterocycles. The van der Waals surface area contributed by atoms with Crippen molar-refractivity contribution in [2.75, 3.05) is 0 Å². The van der Waals surface area contributed by atoms with Crippen molar-refractivity contribution >= 4 is 27.2 Å². The summed E-state index contributed by atoms with van der Waals surface area (Å²) in [4.78, 5) is 0.291. The predicted molar refractivity (Wildman–Crippen MR) is 72.3 cm³/mol. The van der Waals surface area contributed by atoms with Gasteiger partial charge in [-0.3, -0.25) is 0 Å². The molecule has 0 saturated carbocycles. The fourth-order valence-corrected chi connectivity index (χ4v) is 3.31. The molecule has 18 heavy (non-hydrogen) atoms. The Kier molecular flexibility index (Phi) is 4.78. The van der Waals surface area contributed by atoms with E-state index in [1.807, 2.05) is 0 Å². The number of hydrogen-bond donors (Lipinski definition) is 2. The summed E-state index contributed by atoms with van der Waals surface area (Å²) in [5.74, 6) is -0.470. The molecule has 3 N–H and O–H groups in total. The summed E-state index contributed by atoms with van der Waals surface area (Å²) in [5, 5.41) is 0. The molecule has 0 aliphatic carbocycles. The van der Waals surface area contributed by atoms with Gasteiger partial charge in [-0.2, -0.15) is 0 Å². The summed E-state index contributed by atoms with van der Waals surface area (Å²) in [6, 6.07) is 3.12. The van der Waals surface area contributed by atoms with Crippen molar-refractivity contribution in [2.45, 2.75) is 31.2 Å². The Morgan fingerprint density at radius 1 is 1.56 bits per heavy atom. The number of rotatable bonds is 5. The third kappa shape index (κ3) is 4.01. The average molecular weight is 290 g/mol. The molecule has 0 aliphatic rings. The van der Waals surface area contributed by atoms with Crippen molar-refractivity contribution in [3.05, 3.63) is 29.6 Å².